The number of unbranched alkanes of at least 4 members (excludes halogenated alkanes) is 1. The number of carbonyl (C=O) groups excluding carboxylic acids is 1. The zero-order valence-electron chi connectivity index (χ0n) is 25.6. The van der Waals surface area contributed by atoms with E-state index in [-0.39, 0.29) is 19.6 Å². The number of hydrogen-bond acceptors (Lipinski definition) is 8. The topological polar surface area (TPSA) is 122 Å². The summed E-state index contributed by atoms with van der Waals surface area (Å²) in [5.74, 6) is 0.885. The van der Waals surface area contributed by atoms with Gasteiger partial charge in [0.1, 0.15) is 18.0 Å². The van der Waals surface area contributed by atoms with E-state index in [1.807, 2.05) is 48.8 Å². The number of benzene rings is 2. The predicted molar refractivity (Wildman–Crippen MR) is 174 cm³/mol. The summed E-state index contributed by atoms with van der Waals surface area (Å²) in [5, 5.41) is 30.3. The van der Waals surface area contributed by atoms with Crippen LogP contribution in [-0.4, -0.2) is 75.4 Å². The van der Waals surface area contributed by atoms with Gasteiger partial charge in [-0.3, -0.25) is 4.98 Å². The van der Waals surface area contributed by atoms with Crippen molar-refractivity contribution >= 4 is 29.3 Å². The van der Waals surface area contributed by atoms with Crippen molar-refractivity contribution in [2.45, 2.75) is 88.0 Å². The molecule has 2 aliphatic carbocycles. The highest BCUT2D eigenvalue weighted by Gasteiger charge is 2.48. The number of halogens is 2. The van der Waals surface area contributed by atoms with Gasteiger partial charge in [0.15, 0.2) is 0 Å². The molecule has 3 aliphatic rings. The first-order valence-electron chi connectivity index (χ1n) is 16.0. The van der Waals surface area contributed by atoms with Crippen molar-refractivity contribution in [2.24, 2.45) is 0 Å². The first kappa shape index (κ1) is 33.0. The van der Waals surface area contributed by atoms with E-state index >= 15 is 0 Å². The molecule has 1 aromatic heterocycles. The monoisotopic (exact) mass is 670 g/mol. The van der Waals surface area contributed by atoms with Crippen LogP contribution in [0.2, 0.25) is 10.0 Å². The average molecular weight is 672 g/mol. The Morgan fingerprint density at radius 3 is 2.57 bits per heavy atom. The first-order valence-corrected chi connectivity index (χ1v) is 16.8. The van der Waals surface area contributed by atoms with Crippen molar-refractivity contribution in [3.8, 4) is 16.9 Å². The van der Waals surface area contributed by atoms with E-state index in [9.17, 15) is 15.0 Å². The Kier molecular flexibility index (Phi) is 10.4. The largest absolute Gasteiger partial charge is 0.490 e. The number of rotatable bonds is 16. The second-order valence-corrected chi connectivity index (χ2v) is 13.3. The Bertz CT molecular complexity index is 1530. The molecule has 0 bridgehead atoms. The molecular weight excluding hydrogens is 631 g/mol. The zero-order chi connectivity index (χ0) is 32.3. The Hall–Kier alpha value is -2.92. The van der Waals surface area contributed by atoms with Gasteiger partial charge >= 0.3 is 6.09 Å². The molecule has 246 valence electrons. The lowest BCUT2D eigenvalue weighted by atomic mass is 9.96. The van der Waals surface area contributed by atoms with Gasteiger partial charge in [0, 0.05) is 46.7 Å². The first-order chi connectivity index (χ1) is 22.3. The summed E-state index contributed by atoms with van der Waals surface area (Å²) in [7, 11) is 0. The molecule has 3 N–H and O–H groups in total. The van der Waals surface area contributed by atoms with Gasteiger partial charge in [-0.1, -0.05) is 41.4 Å². The van der Waals surface area contributed by atoms with Gasteiger partial charge in [0.05, 0.1) is 31.0 Å². The molecule has 0 spiro atoms. The van der Waals surface area contributed by atoms with Crippen LogP contribution in [0.5, 0.6) is 5.75 Å². The van der Waals surface area contributed by atoms with Crippen LogP contribution in [0.15, 0.2) is 54.9 Å². The lowest BCUT2D eigenvalue weighted by molar-refractivity contribution is -0.0546. The Balaban J connectivity index is 1.04. The van der Waals surface area contributed by atoms with E-state index in [2.05, 4.69) is 11.1 Å². The number of amides is 1. The number of nitrogens with zero attached hydrogens (tertiary/aromatic N) is 2. The minimum atomic E-state index is -1.24. The van der Waals surface area contributed by atoms with E-state index in [1.165, 1.54) is 4.90 Å². The molecule has 1 aliphatic heterocycles. The number of pyridine rings is 1. The molecule has 3 aromatic rings. The van der Waals surface area contributed by atoms with Crippen LogP contribution in [0.25, 0.3) is 11.1 Å². The fourth-order valence-electron chi connectivity index (χ4n) is 5.96. The molecule has 1 amide bonds. The lowest BCUT2D eigenvalue weighted by Gasteiger charge is -2.22. The van der Waals surface area contributed by atoms with Crippen molar-refractivity contribution in [2.75, 3.05) is 19.7 Å². The molecule has 2 heterocycles. The van der Waals surface area contributed by atoms with E-state index < -0.39 is 30.0 Å². The number of para-hydroxylation sites is 1. The van der Waals surface area contributed by atoms with E-state index in [1.54, 1.807) is 0 Å². The molecule has 3 atom stereocenters. The summed E-state index contributed by atoms with van der Waals surface area (Å²) in [6, 6.07) is 13.9. The summed E-state index contributed by atoms with van der Waals surface area (Å²) in [5.41, 5.74) is 4.44. The molecule has 2 saturated carbocycles. The fraction of sp³-hybridized carbons (Fsp3) is 0.486. The van der Waals surface area contributed by atoms with Crippen LogP contribution in [-0.2, 0) is 28.1 Å². The summed E-state index contributed by atoms with van der Waals surface area (Å²) in [4.78, 5) is 18.2. The van der Waals surface area contributed by atoms with Crippen LogP contribution in [0.4, 0.5) is 4.79 Å². The smallest absolute Gasteiger partial charge is 0.410 e. The number of hydrogen-bond donors (Lipinski definition) is 3. The molecule has 2 aromatic carbocycles. The van der Waals surface area contributed by atoms with Crippen molar-refractivity contribution in [3.63, 3.8) is 0 Å². The third kappa shape index (κ3) is 7.62. The van der Waals surface area contributed by atoms with Gasteiger partial charge in [-0.25, -0.2) is 4.79 Å². The highest BCUT2D eigenvalue weighted by atomic mass is 35.5. The predicted octanol–water partition coefficient (Wildman–Crippen LogP) is 6.05. The van der Waals surface area contributed by atoms with Gasteiger partial charge < -0.3 is 34.4 Å². The van der Waals surface area contributed by atoms with Crippen LogP contribution in [0.3, 0.4) is 0 Å². The maximum atomic E-state index is 12.2. The van der Waals surface area contributed by atoms with Gasteiger partial charge in [-0.2, -0.15) is 0 Å². The van der Waals surface area contributed by atoms with Crippen molar-refractivity contribution in [3.05, 3.63) is 81.6 Å². The Morgan fingerprint density at radius 1 is 1.04 bits per heavy atom. The summed E-state index contributed by atoms with van der Waals surface area (Å²) in [6.07, 6.45) is 6.36. The number of ether oxygens (including phenoxy) is 3. The average Bonchev–Trinajstić information content (AvgIpc) is 3.99. The Morgan fingerprint density at radius 2 is 1.80 bits per heavy atom. The molecule has 3 unspecified atom stereocenters. The number of cyclic esters (lactones) is 1. The third-order valence-corrected chi connectivity index (χ3v) is 9.67. The maximum absolute atomic E-state index is 12.2. The number of aromatic nitrogens is 1. The van der Waals surface area contributed by atoms with Crippen molar-refractivity contribution in [1.29, 1.82) is 0 Å². The van der Waals surface area contributed by atoms with Gasteiger partial charge in [-0.15, -0.1) is 0 Å². The molecule has 6 rings (SSSR count). The quantitative estimate of drug-likeness (QED) is 0.158. The molecule has 3 fully saturated rings. The van der Waals surface area contributed by atoms with E-state index in [0.717, 1.165) is 65.7 Å². The number of carbonyl (C=O) groups is 1. The fourth-order valence-corrected chi connectivity index (χ4v) is 6.49. The lowest BCUT2D eigenvalue weighted by Crippen LogP contribution is -2.40. The standard InChI is InChI=1S/C35H40Cl2N2O7/c36-28-18-23(29(37)17-22(28)5-3-4-15-39-20-32(46-34(39)43)33(42)30(41)11-16-40)21-44-35(12-13-35)27-19-38-14-10-25(27)26-6-1-2-7-31(26)45-24-8-9-24/h1-2,6-7,10,14,17-19,24,30,32-33,40-42H,3-5,8-9,11-13,15-16,20-21H2. The van der Waals surface area contributed by atoms with Crippen LogP contribution in [0, 0.1) is 0 Å². The normalized spacial score (nSPS) is 20.0. The number of aliphatic hydroxyl groups is 3. The van der Waals surface area contributed by atoms with Crippen LogP contribution < -0.4 is 4.74 Å². The SMILES string of the molecule is O=C1OC(C(O)C(O)CCO)CN1CCCCc1cc(Cl)c(COC2(c3cnccc3-c3ccccc3OC3CC3)CC2)cc1Cl. The molecule has 46 heavy (non-hydrogen) atoms. The Labute approximate surface area is 279 Å². The zero-order valence-corrected chi connectivity index (χ0v) is 27.1. The van der Waals surface area contributed by atoms with E-state index in [0.29, 0.717) is 42.1 Å². The minimum Gasteiger partial charge on any atom is -0.490 e. The van der Waals surface area contributed by atoms with Crippen LogP contribution >= 0.6 is 23.2 Å². The highest BCUT2D eigenvalue weighted by molar-refractivity contribution is 6.34. The van der Waals surface area contributed by atoms with Crippen molar-refractivity contribution < 1.29 is 34.3 Å². The summed E-state index contributed by atoms with van der Waals surface area (Å²) in [6.45, 7) is 0.685. The number of aryl methyl sites for hydroxylation is 1. The summed E-state index contributed by atoms with van der Waals surface area (Å²) >= 11 is 13.4. The molecule has 1 saturated heterocycles. The van der Waals surface area contributed by atoms with E-state index in [4.69, 9.17) is 42.5 Å². The highest BCUT2D eigenvalue weighted by Crippen LogP contribution is 2.53. The minimum absolute atomic E-state index is 0.0148. The maximum Gasteiger partial charge on any atom is 0.410 e. The van der Waals surface area contributed by atoms with Crippen molar-refractivity contribution in [1.82, 2.24) is 9.88 Å². The second kappa shape index (κ2) is 14.5. The van der Waals surface area contributed by atoms with Gasteiger partial charge in [-0.05, 0) is 92.3 Å². The number of aliphatic hydroxyl groups excluding tert-OH is 3. The third-order valence-electron chi connectivity index (χ3n) is 8.97. The molecule has 9 nitrogen and oxygen atoms in total. The molecule has 0 radical (unpaired) electrons. The van der Waals surface area contributed by atoms with Gasteiger partial charge in [0.25, 0.3) is 0 Å². The van der Waals surface area contributed by atoms with Crippen LogP contribution in [0.1, 0.15) is 61.6 Å². The summed E-state index contributed by atoms with van der Waals surface area (Å²) < 4.78 is 18.0. The second-order valence-electron chi connectivity index (χ2n) is 12.4. The van der Waals surface area contributed by atoms with Gasteiger partial charge in [0.2, 0.25) is 0 Å². The molecular formula is C35H40Cl2N2O7. The molecule has 11 heteroatoms.